The maximum absolute atomic E-state index is 12.6. The molecule has 168 valence electrons. The van der Waals surface area contributed by atoms with Gasteiger partial charge in [0.15, 0.2) is 19.7 Å². The van der Waals surface area contributed by atoms with E-state index in [1.165, 1.54) is 17.5 Å². The van der Waals surface area contributed by atoms with E-state index < -0.39 is 25.4 Å². The number of benzene rings is 1. The van der Waals surface area contributed by atoms with Crippen LogP contribution < -0.4 is 5.76 Å². The molecule has 0 amide bonds. The molecular formula is C20H19N3O6S3. The first-order valence-electron chi connectivity index (χ1n) is 9.39. The van der Waals surface area contributed by atoms with Crippen molar-refractivity contribution in [3.63, 3.8) is 0 Å². The van der Waals surface area contributed by atoms with Crippen LogP contribution in [0.2, 0.25) is 0 Å². The third-order valence-corrected chi connectivity index (χ3v) is 8.67. The van der Waals surface area contributed by atoms with E-state index in [0.29, 0.717) is 10.6 Å². The Morgan fingerprint density at radius 1 is 1.06 bits per heavy atom. The maximum Gasteiger partial charge on any atom is 0.437 e. The quantitative estimate of drug-likeness (QED) is 0.388. The van der Waals surface area contributed by atoms with Crippen molar-refractivity contribution < 1.29 is 21.3 Å². The number of hydrogen-bond acceptors (Lipinski definition) is 8. The molecule has 1 aromatic carbocycles. The molecule has 0 saturated heterocycles. The number of sulfone groups is 2. The van der Waals surface area contributed by atoms with Crippen LogP contribution in [0.25, 0.3) is 16.5 Å². The molecular weight excluding hydrogens is 474 g/mol. The van der Waals surface area contributed by atoms with Gasteiger partial charge in [-0.2, -0.15) is 4.68 Å². The average molecular weight is 494 g/mol. The van der Waals surface area contributed by atoms with Crippen LogP contribution in [-0.4, -0.2) is 43.2 Å². The molecule has 4 rings (SSSR count). The molecule has 4 aromatic rings. The van der Waals surface area contributed by atoms with Gasteiger partial charge in [-0.25, -0.2) is 21.6 Å². The number of thiophene rings is 1. The van der Waals surface area contributed by atoms with Gasteiger partial charge in [0.05, 0.1) is 22.9 Å². The Bertz CT molecular complexity index is 1520. The monoisotopic (exact) mass is 493 g/mol. The van der Waals surface area contributed by atoms with Crippen LogP contribution in [0.3, 0.4) is 0 Å². The smallest absolute Gasteiger partial charge is 0.387 e. The van der Waals surface area contributed by atoms with Gasteiger partial charge in [-0.05, 0) is 31.2 Å². The van der Waals surface area contributed by atoms with Gasteiger partial charge in [0, 0.05) is 24.0 Å². The first kappa shape index (κ1) is 22.2. The van der Waals surface area contributed by atoms with Gasteiger partial charge in [-0.1, -0.05) is 17.7 Å². The van der Waals surface area contributed by atoms with Crippen LogP contribution in [0.4, 0.5) is 0 Å². The maximum atomic E-state index is 12.6. The summed E-state index contributed by atoms with van der Waals surface area (Å²) in [5.41, 5.74) is 1.26. The van der Waals surface area contributed by atoms with Crippen LogP contribution in [0.1, 0.15) is 5.56 Å². The summed E-state index contributed by atoms with van der Waals surface area (Å²) >= 11 is 1.07. The minimum absolute atomic E-state index is 0.0767. The highest BCUT2D eigenvalue weighted by Crippen LogP contribution is 2.37. The second-order valence-electron chi connectivity index (χ2n) is 7.17. The van der Waals surface area contributed by atoms with Crippen molar-refractivity contribution in [2.75, 3.05) is 12.0 Å². The lowest BCUT2D eigenvalue weighted by molar-refractivity contribution is 0.489. The van der Waals surface area contributed by atoms with E-state index in [2.05, 4.69) is 5.10 Å². The molecule has 0 aliphatic heterocycles. The molecule has 12 heteroatoms. The van der Waals surface area contributed by atoms with E-state index >= 15 is 0 Å². The Morgan fingerprint density at radius 2 is 1.72 bits per heavy atom. The Morgan fingerprint density at radius 3 is 2.34 bits per heavy atom. The van der Waals surface area contributed by atoms with E-state index in [4.69, 9.17) is 4.42 Å². The standard InChI is InChI=1S/C20H19N3O6S3/c1-14-5-7-15(8-6-14)32(27,28)12-11-23-20(24)29-19(21-23)18-17(22-9-3-4-10-22)16(13-30-18)31(2,25)26/h3-10,13H,11-12H2,1-2H3. The lowest BCUT2D eigenvalue weighted by atomic mass is 10.2. The summed E-state index contributed by atoms with van der Waals surface area (Å²) in [6.07, 6.45) is 4.43. The summed E-state index contributed by atoms with van der Waals surface area (Å²) in [4.78, 5) is 12.9. The molecule has 0 aliphatic carbocycles. The third-order valence-electron chi connectivity index (χ3n) is 4.75. The molecule has 0 unspecified atom stereocenters. The van der Waals surface area contributed by atoms with Gasteiger partial charge in [-0.15, -0.1) is 16.4 Å². The summed E-state index contributed by atoms with van der Waals surface area (Å²) in [5.74, 6) is -1.25. The minimum Gasteiger partial charge on any atom is -0.387 e. The van der Waals surface area contributed by atoms with E-state index in [-0.39, 0.29) is 28.0 Å². The predicted molar refractivity (Wildman–Crippen MR) is 120 cm³/mol. The zero-order chi connectivity index (χ0) is 23.1. The fourth-order valence-corrected chi connectivity index (χ4v) is 6.60. The van der Waals surface area contributed by atoms with E-state index in [9.17, 15) is 21.6 Å². The number of aromatic nitrogens is 3. The van der Waals surface area contributed by atoms with E-state index in [0.717, 1.165) is 27.8 Å². The van der Waals surface area contributed by atoms with Gasteiger partial charge >= 0.3 is 5.76 Å². The molecule has 0 spiro atoms. The van der Waals surface area contributed by atoms with Crippen molar-refractivity contribution in [3.8, 4) is 16.5 Å². The Kier molecular flexibility index (Phi) is 5.69. The summed E-state index contributed by atoms with van der Waals surface area (Å²) in [6.45, 7) is 1.65. The highest BCUT2D eigenvalue weighted by molar-refractivity contribution is 7.91. The molecule has 0 bridgehead atoms. The molecule has 0 N–H and O–H groups in total. The highest BCUT2D eigenvalue weighted by Gasteiger charge is 2.25. The van der Waals surface area contributed by atoms with Gasteiger partial charge in [0.25, 0.3) is 5.89 Å². The molecule has 3 aromatic heterocycles. The molecule has 3 heterocycles. The van der Waals surface area contributed by atoms with E-state index in [1.54, 1.807) is 41.2 Å². The first-order chi connectivity index (χ1) is 15.1. The molecule has 0 aliphatic rings. The fourth-order valence-electron chi connectivity index (χ4n) is 3.09. The van der Waals surface area contributed by atoms with Crippen LogP contribution in [0.5, 0.6) is 0 Å². The SMILES string of the molecule is Cc1ccc(S(=O)(=O)CCn2nc(-c3scc(S(C)(=O)=O)c3-n3cccc3)oc2=O)cc1. The lowest BCUT2D eigenvalue weighted by Crippen LogP contribution is -2.21. The summed E-state index contributed by atoms with van der Waals surface area (Å²) < 4.78 is 57.4. The fraction of sp³-hybridized carbons (Fsp3) is 0.200. The van der Waals surface area contributed by atoms with Gasteiger partial charge in [0.1, 0.15) is 9.77 Å². The largest absolute Gasteiger partial charge is 0.437 e. The van der Waals surface area contributed by atoms with Gasteiger partial charge in [0.2, 0.25) is 0 Å². The summed E-state index contributed by atoms with van der Waals surface area (Å²) in [5, 5.41) is 5.59. The topological polar surface area (TPSA) is 121 Å². The molecule has 0 radical (unpaired) electrons. The van der Waals surface area contributed by atoms with Crippen molar-refractivity contribution in [1.82, 2.24) is 14.3 Å². The van der Waals surface area contributed by atoms with Crippen LogP contribution in [0, 0.1) is 6.92 Å². The van der Waals surface area contributed by atoms with Crippen molar-refractivity contribution in [3.05, 3.63) is 70.3 Å². The van der Waals surface area contributed by atoms with Crippen molar-refractivity contribution in [1.29, 1.82) is 0 Å². The van der Waals surface area contributed by atoms with Crippen LogP contribution in [0.15, 0.2) is 73.2 Å². The van der Waals surface area contributed by atoms with Crippen LogP contribution >= 0.6 is 11.3 Å². The summed E-state index contributed by atoms with van der Waals surface area (Å²) in [7, 11) is -7.19. The number of nitrogens with zero attached hydrogens (tertiary/aromatic N) is 3. The van der Waals surface area contributed by atoms with Crippen molar-refractivity contribution in [2.45, 2.75) is 23.3 Å². The van der Waals surface area contributed by atoms with Gasteiger partial charge in [-0.3, -0.25) is 0 Å². The Balaban J connectivity index is 1.67. The number of aryl methyl sites for hydroxylation is 2. The number of hydrogen-bond donors (Lipinski definition) is 0. The highest BCUT2D eigenvalue weighted by atomic mass is 32.2. The van der Waals surface area contributed by atoms with Crippen molar-refractivity contribution in [2.24, 2.45) is 0 Å². The van der Waals surface area contributed by atoms with Gasteiger partial charge < -0.3 is 8.98 Å². The zero-order valence-corrected chi connectivity index (χ0v) is 19.6. The zero-order valence-electron chi connectivity index (χ0n) is 17.1. The van der Waals surface area contributed by atoms with Crippen molar-refractivity contribution >= 4 is 31.0 Å². The molecule has 0 saturated carbocycles. The molecule has 32 heavy (non-hydrogen) atoms. The third kappa shape index (κ3) is 4.33. The Labute approximate surface area is 188 Å². The average Bonchev–Trinajstić information content (AvgIpc) is 3.45. The molecule has 0 atom stereocenters. The number of rotatable bonds is 7. The molecule has 9 nitrogen and oxygen atoms in total. The minimum atomic E-state index is -3.63. The molecule has 0 fully saturated rings. The van der Waals surface area contributed by atoms with Crippen LogP contribution in [-0.2, 0) is 26.2 Å². The van der Waals surface area contributed by atoms with E-state index in [1.807, 2.05) is 6.92 Å². The predicted octanol–water partition coefficient (Wildman–Crippen LogP) is 2.54. The second-order valence-corrected chi connectivity index (χ2v) is 12.1. The summed E-state index contributed by atoms with van der Waals surface area (Å²) in [6, 6.07) is 9.90. The lowest BCUT2D eigenvalue weighted by Gasteiger charge is -2.06. The Hall–Kier alpha value is -2.96. The second kappa shape index (κ2) is 8.19. The normalized spacial score (nSPS) is 12.3. The first-order valence-corrected chi connectivity index (χ1v) is 13.8.